The molecule has 1 rings (SSSR count). The van der Waals surface area contributed by atoms with Crippen LogP contribution in [-0.4, -0.2) is 48.5 Å². The molecule has 3 nitrogen and oxygen atoms in total. The Morgan fingerprint density at radius 3 is 2.58 bits per heavy atom. The van der Waals surface area contributed by atoms with Crippen molar-refractivity contribution in [3.8, 4) is 0 Å². The van der Waals surface area contributed by atoms with E-state index in [2.05, 4.69) is 0 Å². The van der Waals surface area contributed by atoms with E-state index in [1.54, 1.807) is 24.3 Å². The zero-order valence-corrected chi connectivity index (χ0v) is 11.1. The Morgan fingerprint density at radius 1 is 1.32 bits per heavy atom. The van der Waals surface area contributed by atoms with Crippen LogP contribution in [0, 0.1) is 0 Å². The van der Waals surface area contributed by atoms with Crippen LogP contribution in [0.2, 0.25) is 5.02 Å². The second-order valence-electron chi connectivity index (χ2n) is 4.07. The highest BCUT2D eigenvalue weighted by Gasteiger charge is 2.15. The number of carbonyl (C=O) groups excluding carboxylic acids is 1. The lowest BCUT2D eigenvalue weighted by Gasteiger charge is -2.20. The Bertz CT molecular complexity index is 415. The van der Waals surface area contributed by atoms with Crippen LogP contribution < -0.4 is 0 Å². The first-order valence-corrected chi connectivity index (χ1v) is 6.31. The molecule has 0 aliphatic carbocycles. The van der Waals surface area contributed by atoms with Crippen LogP contribution in [0.1, 0.15) is 16.8 Å². The van der Waals surface area contributed by atoms with Gasteiger partial charge in [-0.05, 0) is 12.1 Å². The highest BCUT2D eigenvalue weighted by Crippen LogP contribution is 2.16. The van der Waals surface area contributed by atoms with E-state index in [-0.39, 0.29) is 31.9 Å². The number of nitrogens with zero attached hydrogens (tertiary/aromatic N) is 1. The first-order valence-electron chi connectivity index (χ1n) is 5.93. The topological polar surface area (TPSA) is 40.5 Å². The van der Waals surface area contributed by atoms with Crippen molar-refractivity contribution >= 4 is 17.4 Å². The van der Waals surface area contributed by atoms with Gasteiger partial charge < -0.3 is 5.11 Å². The van der Waals surface area contributed by atoms with Gasteiger partial charge in [0.1, 0.15) is 0 Å². The normalized spacial score (nSPS) is 11.3. The summed E-state index contributed by atoms with van der Waals surface area (Å²) in [4.78, 5) is 13.3. The van der Waals surface area contributed by atoms with Crippen molar-refractivity contribution in [1.29, 1.82) is 0 Å². The summed E-state index contributed by atoms with van der Waals surface area (Å²) in [6.07, 6.45) is -2.39. The van der Waals surface area contributed by atoms with Gasteiger partial charge in [-0.1, -0.05) is 23.7 Å². The van der Waals surface area contributed by atoms with Gasteiger partial charge in [0, 0.05) is 25.1 Å². The fourth-order valence-electron chi connectivity index (χ4n) is 1.71. The molecule has 0 aliphatic rings. The highest BCUT2D eigenvalue weighted by molar-refractivity contribution is 6.33. The van der Waals surface area contributed by atoms with Gasteiger partial charge in [-0.15, -0.1) is 0 Å². The van der Waals surface area contributed by atoms with E-state index in [1.807, 2.05) is 0 Å². The molecule has 6 heteroatoms. The van der Waals surface area contributed by atoms with Crippen LogP contribution in [-0.2, 0) is 0 Å². The van der Waals surface area contributed by atoms with Crippen molar-refractivity contribution in [3.63, 3.8) is 0 Å². The average molecular weight is 292 g/mol. The number of ketones is 1. The number of benzene rings is 1. The number of hydrogen-bond acceptors (Lipinski definition) is 3. The number of rotatable bonds is 8. The third-order valence-corrected chi connectivity index (χ3v) is 2.97. The maximum absolute atomic E-state index is 12.3. The molecule has 1 aromatic carbocycles. The van der Waals surface area contributed by atoms with Gasteiger partial charge in [0.15, 0.2) is 5.78 Å². The molecular weight excluding hydrogens is 276 g/mol. The zero-order valence-electron chi connectivity index (χ0n) is 10.4. The van der Waals surface area contributed by atoms with Crippen LogP contribution in [0.25, 0.3) is 0 Å². The second-order valence-corrected chi connectivity index (χ2v) is 4.48. The molecule has 0 spiro atoms. The molecule has 0 atom stereocenters. The molecule has 0 heterocycles. The Kier molecular flexibility index (Phi) is 6.91. The minimum Gasteiger partial charge on any atom is -0.395 e. The van der Waals surface area contributed by atoms with E-state index in [0.29, 0.717) is 10.6 Å². The van der Waals surface area contributed by atoms with Crippen molar-refractivity contribution in [2.75, 3.05) is 26.2 Å². The first-order chi connectivity index (χ1) is 9.04. The molecule has 0 aliphatic heterocycles. The number of halogens is 3. The smallest absolute Gasteiger partial charge is 0.251 e. The minimum absolute atomic E-state index is 0.0937. The molecular formula is C13H16ClF2NO2. The molecule has 0 amide bonds. The van der Waals surface area contributed by atoms with E-state index in [0.717, 1.165) is 0 Å². The Morgan fingerprint density at radius 2 is 2.00 bits per heavy atom. The van der Waals surface area contributed by atoms with Gasteiger partial charge in [0.05, 0.1) is 18.2 Å². The Labute approximate surface area is 115 Å². The summed E-state index contributed by atoms with van der Waals surface area (Å²) in [5, 5.41) is 9.14. The van der Waals surface area contributed by atoms with Crippen molar-refractivity contribution < 1.29 is 18.7 Å². The molecule has 19 heavy (non-hydrogen) atoms. The summed E-state index contributed by atoms with van der Waals surface area (Å²) < 4.78 is 24.6. The maximum Gasteiger partial charge on any atom is 0.251 e. The van der Waals surface area contributed by atoms with E-state index in [9.17, 15) is 13.6 Å². The zero-order chi connectivity index (χ0) is 14.3. The predicted molar refractivity (Wildman–Crippen MR) is 69.9 cm³/mol. The predicted octanol–water partition coefficient (Wildman–Crippen LogP) is 2.47. The fourth-order valence-corrected chi connectivity index (χ4v) is 1.95. The molecule has 0 saturated heterocycles. The fraction of sp³-hybridized carbons (Fsp3) is 0.462. The second kappa shape index (κ2) is 8.19. The standard InChI is InChI=1S/C13H16ClF2NO2/c14-11-4-2-1-3-10(11)12(19)5-6-17(7-8-18)9-13(15)16/h1-4,13,18H,5-9H2. The summed E-state index contributed by atoms with van der Waals surface area (Å²) in [6.45, 7) is -0.363. The molecule has 106 valence electrons. The number of aliphatic hydroxyl groups excluding tert-OH is 1. The van der Waals surface area contributed by atoms with Crippen molar-refractivity contribution in [1.82, 2.24) is 4.90 Å². The average Bonchev–Trinajstić information content (AvgIpc) is 2.36. The summed E-state index contributed by atoms with van der Waals surface area (Å²) in [6, 6.07) is 6.63. The number of alkyl halides is 2. The van der Waals surface area contributed by atoms with Crippen LogP contribution in [0.3, 0.4) is 0 Å². The SMILES string of the molecule is O=C(CCN(CCO)CC(F)F)c1ccccc1Cl. The van der Waals surface area contributed by atoms with Crippen molar-refractivity contribution in [3.05, 3.63) is 34.9 Å². The lowest BCUT2D eigenvalue weighted by molar-refractivity contribution is 0.0732. The Balaban J connectivity index is 2.54. The van der Waals surface area contributed by atoms with Crippen molar-refractivity contribution in [2.45, 2.75) is 12.8 Å². The first kappa shape index (κ1) is 16.0. The summed E-state index contributed by atoms with van der Waals surface area (Å²) >= 11 is 5.89. The third kappa shape index (κ3) is 5.63. The number of carbonyl (C=O) groups is 1. The van der Waals surface area contributed by atoms with E-state index < -0.39 is 13.0 Å². The molecule has 0 bridgehead atoms. The van der Waals surface area contributed by atoms with Gasteiger partial charge in [0.2, 0.25) is 0 Å². The summed E-state index contributed by atoms with van der Waals surface area (Å²) in [7, 11) is 0. The van der Waals surface area contributed by atoms with E-state index in [4.69, 9.17) is 16.7 Å². The Hall–Kier alpha value is -1.04. The monoisotopic (exact) mass is 291 g/mol. The molecule has 0 saturated carbocycles. The number of aliphatic hydroxyl groups is 1. The van der Waals surface area contributed by atoms with Gasteiger partial charge in [-0.3, -0.25) is 9.69 Å². The van der Waals surface area contributed by atoms with E-state index >= 15 is 0 Å². The summed E-state index contributed by atoms with van der Waals surface area (Å²) in [5.41, 5.74) is 0.394. The number of Topliss-reactive ketones (excluding diaryl/α,β-unsaturated/α-hetero) is 1. The van der Waals surface area contributed by atoms with E-state index in [1.165, 1.54) is 4.90 Å². The molecule has 1 N–H and O–H groups in total. The third-order valence-electron chi connectivity index (χ3n) is 2.64. The number of hydrogen-bond donors (Lipinski definition) is 1. The summed E-state index contributed by atoms with van der Waals surface area (Å²) in [5.74, 6) is -0.192. The molecule has 0 radical (unpaired) electrons. The lowest BCUT2D eigenvalue weighted by atomic mass is 10.1. The van der Waals surface area contributed by atoms with Gasteiger partial charge in [-0.2, -0.15) is 0 Å². The van der Waals surface area contributed by atoms with Gasteiger partial charge in [-0.25, -0.2) is 8.78 Å². The van der Waals surface area contributed by atoms with Crippen molar-refractivity contribution in [2.24, 2.45) is 0 Å². The van der Waals surface area contributed by atoms with Crippen LogP contribution in [0.4, 0.5) is 8.78 Å². The molecule has 0 unspecified atom stereocenters. The highest BCUT2D eigenvalue weighted by atomic mass is 35.5. The minimum atomic E-state index is -2.48. The maximum atomic E-state index is 12.3. The van der Waals surface area contributed by atoms with Gasteiger partial charge in [0.25, 0.3) is 6.43 Å². The molecule has 1 aromatic rings. The van der Waals surface area contributed by atoms with Crippen LogP contribution in [0.5, 0.6) is 0 Å². The van der Waals surface area contributed by atoms with Gasteiger partial charge >= 0.3 is 0 Å². The lowest BCUT2D eigenvalue weighted by Crippen LogP contribution is -2.33. The molecule has 0 fully saturated rings. The van der Waals surface area contributed by atoms with Crippen LogP contribution in [0.15, 0.2) is 24.3 Å². The quantitative estimate of drug-likeness (QED) is 0.748. The van der Waals surface area contributed by atoms with Crippen LogP contribution >= 0.6 is 11.6 Å². The molecule has 0 aromatic heterocycles. The largest absolute Gasteiger partial charge is 0.395 e.